The molecule has 1 atom stereocenters. The van der Waals surface area contributed by atoms with Gasteiger partial charge in [-0.15, -0.1) is 0 Å². The van der Waals surface area contributed by atoms with Gasteiger partial charge in [0.2, 0.25) is 0 Å². The van der Waals surface area contributed by atoms with Crippen LogP contribution in [0.3, 0.4) is 0 Å². The molecule has 2 aromatic rings. The molecule has 0 radical (unpaired) electrons. The number of rotatable bonds is 5. The summed E-state index contributed by atoms with van der Waals surface area (Å²) in [6.45, 7) is 3.16. The first kappa shape index (κ1) is 13.3. The van der Waals surface area contributed by atoms with Crippen molar-refractivity contribution in [3.63, 3.8) is 0 Å². The average Bonchev–Trinajstić information content (AvgIpc) is 2.92. The number of furan rings is 1. The third-order valence-electron chi connectivity index (χ3n) is 2.74. The number of halogens is 1. The second kappa shape index (κ2) is 5.69. The first-order valence-electron chi connectivity index (χ1n) is 5.64. The van der Waals surface area contributed by atoms with Gasteiger partial charge in [-0.1, -0.05) is 0 Å². The van der Waals surface area contributed by atoms with Gasteiger partial charge in [0, 0.05) is 12.7 Å². The van der Waals surface area contributed by atoms with E-state index in [1.54, 1.807) is 19.6 Å². The molecule has 0 spiro atoms. The molecule has 2 heterocycles. The van der Waals surface area contributed by atoms with E-state index in [2.05, 4.69) is 21.0 Å². The topological polar surface area (TPSA) is 66.2 Å². The molecular weight excluding hydrogens is 298 g/mol. The Balaban J connectivity index is 2.28. The number of nitrogens with two attached hydrogens (primary N) is 1. The van der Waals surface area contributed by atoms with Gasteiger partial charge < -0.3 is 14.9 Å². The zero-order valence-corrected chi connectivity index (χ0v) is 12.0. The summed E-state index contributed by atoms with van der Waals surface area (Å²) in [6, 6.07) is 1.67. The van der Waals surface area contributed by atoms with Crippen molar-refractivity contribution in [2.75, 3.05) is 13.7 Å². The van der Waals surface area contributed by atoms with E-state index in [-0.39, 0.29) is 6.04 Å². The summed E-state index contributed by atoms with van der Waals surface area (Å²) in [5.41, 5.74) is 8.12. The highest BCUT2D eigenvalue weighted by Gasteiger charge is 2.19. The van der Waals surface area contributed by atoms with Crippen molar-refractivity contribution in [3.8, 4) is 0 Å². The highest BCUT2D eigenvalue weighted by Crippen LogP contribution is 2.27. The lowest BCUT2D eigenvalue weighted by atomic mass is 10.1. The molecule has 1 unspecified atom stereocenters. The molecule has 0 aliphatic rings. The van der Waals surface area contributed by atoms with Crippen LogP contribution >= 0.6 is 15.9 Å². The van der Waals surface area contributed by atoms with E-state index in [0.717, 1.165) is 21.5 Å². The first-order valence-corrected chi connectivity index (χ1v) is 6.43. The SMILES string of the molecule is COCCn1ncc(Br)c1C(N)c1coc(C)c1. The van der Waals surface area contributed by atoms with Crippen molar-refractivity contribution >= 4 is 15.9 Å². The van der Waals surface area contributed by atoms with Crippen LogP contribution in [-0.2, 0) is 11.3 Å². The lowest BCUT2D eigenvalue weighted by molar-refractivity contribution is 0.182. The predicted molar refractivity (Wildman–Crippen MR) is 71.3 cm³/mol. The van der Waals surface area contributed by atoms with Gasteiger partial charge in [0.15, 0.2) is 0 Å². The fraction of sp³-hybridized carbons (Fsp3) is 0.417. The second-order valence-electron chi connectivity index (χ2n) is 4.06. The summed E-state index contributed by atoms with van der Waals surface area (Å²) in [5.74, 6) is 0.847. The van der Waals surface area contributed by atoms with Gasteiger partial charge in [-0.3, -0.25) is 4.68 Å². The maximum atomic E-state index is 6.26. The molecular formula is C12H16BrN3O2. The maximum absolute atomic E-state index is 6.26. The van der Waals surface area contributed by atoms with Crippen LogP contribution in [0.25, 0.3) is 0 Å². The third-order valence-corrected chi connectivity index (χ3v) is 3.36. The Labute approximate surface area is 114 Å². The van der Waals surface area contributed by atoms with Gasteiger partial charge in [0.25, 0.3) is 0 Å². The molecule has 18 heavy (non-hydrogen) atoms. The number of nitrogens with zero attached hydrogens (tertiary/aromatic N) is 2. The number of ether oxygens (including phenoxy) is 1. The van der Waals surface area contributed by atoms with Crippen LogP contribution in [0.15, 0.2) is 27.4 Å². The highest BCUT2D eigenvalue weighted by molar-refractivity contribution is 9.10. The molecule has 6 heteroatoms. The number of hydrogen-bond donors (Lipinski definition) is 1. The van der Waals surface area contributed by atoms with Gasteiger partial charge in [0.1, 0.15) is 5.76 Å². The minimum atomic E-state index is -0.267. The predicted octanol–water partition coefficient (Wildman–Crippen LogP) is 2.24. The molecule has 0 aliphatic carbocycles. The number of hydrogen-bond acceptors (Lipinski definition) is 4. The molecule has 0 fully saturated rings. The van der Waals surface area contributed by atoms with Crippen molar-refractivity contribution < 1.29 is 9.15 Å². The van der Waals surface area contributed by atoms with Crippen molar-refractivity contribution in [2.24, 2.45) is 5.73 Å². The van der Waals surface area contributed by atoms with Crippen LogP contribution in [0, 0.1) is 6.92 Å². The Bertz CT molecular complexity index is 521. The molecule has 2 aromatic heterocycles. The largest absolute Gasteiger partial charge is 0.469 e. The third kappa shape index (κ3) is 2.66. The summed E-state index contributed by atoms with van der Waals surface area (Å²) in [7, 11) is 1.66. The van der Waals surface area contributed by atoms with Crippen LogP contribution in [0.4, 0.5) is 0 Å². The van der Waals surface area contributed by atoms with Crippen LogP contribution in [0.2, 0.25) is 0 Å². The van der Waals surface area contributed by atoms with E-state index in [1.165, 1.54) is 0 Å². The number of methoxy groups -OCH3 is 1. The molecule has 2 rings (SSSR count). The average molecular weight is 314 g/mol. The molecule has 0 aliphatic heterocycles. The Hall–Kier alpha value is -1.11. The van der Waals surface area contributed by atoms with Gasteiger partial charge in [-0.05, 0) is 28.9 Å². The Morgan fingerprint density at radius 2 is 2.39 bits per heavy atom. The zero-order valence-electron chi connectivity index (χ0n) is 10.4. The van der Waals surface area contributed by atoms with Gasteiger partial charge in [0.05, 0.1) is 41.8 Å². The lowest BCUT2D eigenvalue weighted by Crippen LogP contribution is -2.19. The summed E-state index contributed by atoms with van der Waals surface area (Å²) in [6.07, 6.45) is 3.43. The van der Waals surface area contributed by atoms with E-state index < -0.39 is 0 Å². The molecule has 0 amide bonds. The Kier molecular flexibility index (Phi) is 4.21. The number of aromatic nitrogens is 2. The van der Waals surface area contributed by atoms with E-state index in [1.807, 2.05) is 17.7 Å². The molecule has 2 N–H and O–H groups in total. The monoisotopic (exact) mass is 313 g/mol. The fourth-order valence-electron chi connectivity index (χ4n) is 1.82. The van der Waals surface area contributed by atoms with Crippen LogP contribution < -0.4 is 5.73 Å². The summed E-state index contributed by atoms with van der Waals surface area (Å²) in [5, 5.41) is 4.29. The normalized spacial score (nSPS) is 12.9. The minimum Gasteiger partial charge on any atom is -0.469 e. The second-order valence-corrected chi connectivity index (χ2v) is 4.92. The zero-order chi connectivity index (χ0) is 13.1. The van der Waals surface area contributed by atoms with Gasteiger partial charge >= 0.3 is 0 Å². The van der Waals surface area contributed by atoms with E-state index in [4.69, 9.17) is 14.9 Å². The van der Waals surface area contributed by atoms with Crippen LogP contribution in [0.5, 0.6) is 0 Å². The lowest BCUT2D eigenvalue weighted by Gasteiger charge is -2.13. The Morgan fingerprint density at radius 1 is 1.61 bits per heavy atom. The van der Waals surface area contributed by atoms with E-state index >= 15 is 0 Å². The molecule has 0 aromatic carbocycles. The van der Waals surface area contributed by atoms with Crippen molar-refractivity contribution in [1.29, 1.82) is 0 Å². The maximum Gasteiger partial charge on any atom is 0.101 e. The van der Waals surface area contributed by atoms with E-state index in [0.29, 0.717) is 13.2 Å². The van der Waals surface area contributed by atoms with Gasteiger partial charge in [-0.25, -0.2) is 0 Å². The molecule has 0 saturated heterocycles. The summed E-state index contributed by atoms with van der Waals surface area (Å²) >= 11 is 3.48. The summed E-state index contributed by atoms with van der Waals surface area (Å²) in [4.78, 5) is 0. The summed E-state index contributed by atoms with van der Waals surface area (Å²) < 4.78 is 13.1. The molecule has 98 valence electrons. The van der Waals surface area contributed by atoms with Crippen LogP contribution in [-0.4, -0.2) is 23.5 Å². The van der Waals surface area contributed by atoms with E-state index in [9.17, 15) is 0 Å². The van der Waals surface area contributed by atoms with Crippen molar-refractivity contribution in [1.82, 2.24) is 9.78 Å². The highest BCUT2D eigenvalue weighted by atomic mass is 79.9. The smallest absolute Gasteiger partial charge is 0.101 e. The number of aryl methyl sites for hydroxylation is 1. The molecule has 0 bridgehead atoms. The minimum absolute atomic E-state index is 0.267. The Morgan fingerprint density at radius 3 is 3.00 bits per heavy atom. The quantitative estimate of drug-likeness (QED) is 0.919. The van der Waals surface area contributed by atoms with Crippen molar-refractivity contribution in [3.05, 3.63) is 40.0 Å². The standard InChI is InChI=1S/C12H16BrN3O2/c1-8-5-9(7-18-8)11(14)12-10(13)6-15-16(12)3-4-17-2/h5-7,11H,3-4,14H2,1-2H3. The fourth-order valence-corrected chi connectivity index (χ4v) is 2.36. The molecule has 5 nitrogen and oxygen atoms in total. The van der Waals surface area contributed by atoms with Crippen LogP contribution in [0.1, 0.15) is 23.1 Å². The molecule has 0 saturated carbocycles. The van der Waals surface area contributed by atoms with Crippen molar-refractivity contribution in [2.45, 2.75) is 19.5 Å². The first-order chi connectivity index (χ1) is 8.63. The van der Waals surface area contributed by atoms with Gasteiger partial charge in [-0.2, -0.15) is 5.10 Å².